The van der Waals surface area contributed by atoms with Crippen molar-refractivity contribution in [1.82, 2.24) is 4.90 Å². The van der Waals surface area contributed by atoms with Crippen LogP contribution >= 0.6 is 11.3 Å². The molecule has 1 unspecified atom stereocenters. The summed E-state index contributed by atoms with van der Waals surface area (Å²) in [6.07, 6.45) is 6.38. The van der Waals surface area contributed by atoms with E-state index in [1.54, 1.807) is 23.1 Å². The molecule has 8 nitrogen and oxygen atoms in total. The number of amides is 2. The topological polar surface area (TPSA) is 116 Å². The first-order chi connectivity index (χ1) is 15.0. The molecular weight excluding hydrogens is 418 g/mol. The Hall–Kier alpha value is -3.09. The summed E-state index contributed by atoms with van der Waals surface area (Å²) in [6, 6.07) is 5.67. The Morgan fingerprint density at radius 2 is 2.16 bits per heavy atom. The van der Waals surface area contributed by atoms with Crippen molar-refractivity contribution in [2.75, 3.05) is 18.4 Å². The Morgan fingerprint density at radius 3 is 2.87 bits per heavy atom. The molecule has 2 aliphatic rings. The highest BCUT2D eigenvalue weighted by Crippen LogP contribution is 2.38. The van der Waals surface area contributed by atoms with Gasteiger partial charge < -0.3 is 24.5 Å². The number of nitriles is 1. The molecule has 1 atom stereocenters. The number of carbonyl (C=O) groups is 2. The van der Waals surface area contributed by atoms with Gasteiger partial charge in [-0.05, 0) is 49.5 Å². The second-order valence-electron chi connectivity index (χ2n) is 7.62. The van der Waals surface area contributed by atoms with Crippen LogP contribution in [0.1, 0.15) is 41.0 Å². The lowest BCUT2D eigenvalue weighted by Crippen LogP contribution is -2.42. The average Bonchev–Trinajstić information content (AvgIpc) is 3.39. The number of rotatable bonds is 4. The van der Waals surface area contributed by atoms with Crippen LogP contribution in [0.15, 0.2) is 28.9 Å². The van der Waals surface area contributed by atoms with Crippen molar-refractivity contribution in [2.45, 2.75) is 44.3 Å². The lowest BCUT2D eigenvalue weighted by molar-refractivity contribution is -0.111. The number of nitrogens with zero attached hydrogens (tertiary/aromatic N) is 2. The van der Waals surface area contributed by atoms with Crippen LogP contribution < -0.4 is 5.32 Å². The van der Waals surface area contributed by atoms with Gasteiger partial charge in [0.05, 0.1) is 17.9 Å². The molecule has 9 heteroatoms. The van der Waals surface area contributed by atoms with E-state index in [0.717, 1.165) is 10.4 Å². The molecule has 2 aromatic rings. The summed E-state index contributed by atoms with van der Waals surface area (Å²) >= 11 is 1.36. The van der Waals surface area contributed by atoms with Crippen molar-refractivity contribution < 1.29 is 23.8 Å². The molecule has 1 fully saturated rings. The monoisotopic (exact) mass is 441 g/mol. The van der Waals surface area contributed by atoms with Gasteiger partial charge in [-0.3, -0.25) is 4.79 Å². The molecule has 2 aromatic heterocycles. The molecule has 2 N–H and O–H groups in total. The predicted octanol–water partition coefficient (Wildman–Crippen LogP) is 3.32. The van der Waals surface area contributed by atoms with E-state index >= 15 is 0 Å². The molecule has 0 radical (unpaired) electrons. The Kier molecular flexibility index (Phi) is 6.39. The molecule has 162 valence electrons. The molecule has 0 bridgehead atoms. The normalized spacial score (nSPS) is 19.1. The molecule has 0 aromatic carbocycles. The summed E-state index contributed by atoms with van der Waals surface area (Å²) in [5.74, 6) is 0.218. The number of ether oxygens (including phenoxy) is 1. The van der Waals surface area contributed by atoms with Gasteiger partial charge in [-0.2, -0.15) is 5.26 Å². The summed E-state index contributed by atoms with van der Waals surface area (Å²) in [5, 5.41) is 22.5. The molecule has 1 aliphatic heterocycles. The second-order valence-corrected chi connectivity index (χ2v) is 8.73. The van der Waals surface area contributed by atoms with Crippen LogP contribution in [-0.2, 0) is 22.4 Å². The minimum Gasteiger partial charge on any atom is -0.465 e. The molecule has 3 heterocycles. The number of nitrogens with one attached hydrogen (secondary N) is 1. The largest absolute Gasteiger partial charge is 0.465 e. The minimum absolute atomic E-state index is 0.264. The number of anilines is 1. The fourth-order valence-electron chi connectivity index (χ4n) is 3.83. The lowest BCUT2D eigenvalue weighted by atomic mass is 9.94. The minimum atomic E-state index is -0.353. The number of hydrogen-bond donors (Lipinski definition) is 2. The lowest BCUT2D eigenvalue weighted by Gasteiger charge is -2.31. The molecule has 0 saturated carbocycles. The van der Waals surface area contributed by atoms with E-state index in [9.17, 15) is 20.0 Å². The van der Waals surface area contributed by atoms with Gasteiger partial charge in [0.15, 0.2) is 0 Å². The highest BCUT2D eigenvalue weighted by molar-refractivity contribution is 7.16. The fraction of sp³-hybridized carbons (Fsp3) is 0.409. The van der Waals surface area contributed by atoms with Crippen molar-refractivity contribution in [2.24, 2.45) is 0 Å². The summed E-state index contributed by atoms with van der Waals surface area (Å²) < 4.78 is 10.9. The third-order valence-corrected chi connectivity index (χ3v) is 6.67. The van der Waals surface area contributed by atoms with Crippen LogP contribution in [0.5, 0.6) is 0 Å². The maximum atomic E-state index is 12.4. The van der Waals surface area contributed by atoms with Crippen molar-refractivity contribution in [3.05, 3.63) is 46.2 Å². The van der Waals surface area contributed by atoms with Crippen LogP contribution in [0.3, 0.4) is 0 Å². The molecule has 0 spiro atoms. The highest BCUT2D eigenvalue weighted by atomic mass is 32.1. The molecule has 1 saturated heterocycles. The van der Waals surface area contributed by atoms with E-state index in [4.69, 9.17) is 9.15 Å². The van der Waals surface area contributed by atoms with Crippen LogP contribution in [0.2, 0.25) is 0 Å². The van der Waals surface area contributed by atoms with E-state index in [1.807, 2.05) is 0 Å². The maximum Gasteiger partial charge on any atom is 0.410 e. The van der Waals surface area contributed by atoms with Crippen LogP contribution in [0.4, 0.5) is 9.80 Å². The van der Waals surface area contributed by atoms with Gasteiger partial charge in [0, 0.05) is 30.5 Å². The Balaban J connectivity index is 1.39. The Labute approximate surface area is 183 Å². The smallest absolute Gasteiger partial charge is 0.410 e. The number of fused-ring (bicyclic) bond motifs is 1. The van der Waals surface area contributed by atoms with Crippen molar-refractivity contribution in [3.8, 4) is 6.07 Å². The van der Waals surface area contributed by atoms with Gasteiger partial charge in [0.25, 0.3) is 0 Å². The number of carbonyl (C=O) groups excluding carboxylic acids is 2. The van der Waals surface area contributed by atoms with Gasteiger partial charge >= 0.3 is 6.09 Å². The zero-order valence-electron chi connectivity index (χ0n) is 16.9. The molecule has 31 heavy (non-hydrogen) atoms. The standard InChI is InChI=1S/C22H23N3O5S/c23-13-18-17-5-3-16(30-22(28)25-9-7-14(26)8-10-25)12-19(17)31-21(18)24-20(27)6-4-15-2-1-11-29-15/h1-2,4,6,11,14,16,26H,3,5,7-10,12H2,(H,24,27). The first-order valence-electron chi connectivity index (χ1n) is 10.2. The Bertz CT molecular complexity index is 1010. The van der Waals surface area contributed by atoms with Gasteiger partial charge in [-0.25, -0.2) is 4.79 Å². The third kappa shape index (κ3) is 4.98. The SMILES string of the molecule is N#Cc1c(NC(=O)C=Cc2ccco2)sc2c1CCC(OC(=O)N1CCC(O)CC1)C2. The van der Waals surface area contributed by atoms with Crippen molar-refractivity contribution >= 4 is 34.4 Å². The second kappa shape index (κ2) is 9.37. The van der Waals surface area contributed by atoms with Crippen LogP contribution in [0.25, 0.3) is 6.08 Å². The van der Waals surface area contributed by atoms with E-state index < -0.39 is 0 Å². The number of furan rings is 1. The molecular formula is C22H23N3O5S. The van der Waals surface area contributed by atoms with E-state index in [1.165, 1.54) is 23.7 Å². The first kappa shape index (κ1) is 21.2. The molecule has 1 aliphatic carbocycles. The number of likely N-dealkylation sites (tertiary alicyclic amines) is 1. The maximum absolute atomic E-state index is 12.4. The predicted molar refractivity (Wildman–Crippen MR) is 115 cm³/mol. The average molecular weight is 442 g/mol. The zero-order chi connectivity index (χ0) is 21.8. The van der Waals surface area contributed by atoms with Crippen molar-refractivity contribution in [1.29, 1.82) is 5.26 Å². The first-order valence-corrected chi connectivity index (χ1v) is 11.1. The number of hydrogen-bond acceptors (Lipinski definition) is 7. The third-order valence-electron chi connectivity index (χ3n) is 5.50. The number of aliphatic hydroxyl groups excluding tert-OH is 1. The molecule has 4 rings (SSSR count). The van der Waals surface area contributed by atoms with Crippen LogP contribution in [-0.4, -0.2) is 47.3 Å². The zero-order valence-corrected chi connectivity index (χ0v) is 17.7. The van der Waals surface area contributed by atoms with Gasteiger partial charge in [0.2, 0.25) is 5.91 Å². The number of thiophene rings is 1. The van der Waals surface area contributed by atoms with Gasteiger partial charge in [-0.15, -0.1) is 11.3 Å². The number of piperidine rings is 1. The molecule has 2 amide bonds. The van der Waals surface area contributed by atoms with E-state index in [0.29, 0.717) is 61.5 Å². The summed E-state index contributed by atoms with van der Waals surface area (Å²) in [4.78, 5) is 27.3. The van der Waals surface area contributed by atoms with Crippen LogP contribution in [0, 0.1) is 11.3 Å². The number of aliphatic hydroxyl groups is 1. The Morgan fingerprint density at radius 1 is 1.35 bits per heavy atom. The fourth-order valence-corrected chi connectivity index (χ4v) is 5.09. The van der Waals surface area contributed by atoms with E-state index in [2.05, 4.69) is 11.4 Å². The summed E-state index contributed by atoms with van der Waals surface area (Å²) in [6.45, 7) is 0.995. The van der Waals surface area contributed by atoms with Gasteiger partial charge in [0.1, 0.15) is 22.9 Å². The summed E-state index contributed by atoms with van der Waals surface area (Å²) in [5.41, 5.74) is 1.40. The highest BCUT2D eigenvalue weighted by Gasteiger charge is 2.30. The van der Waals surface area contributed by atoms with E-state index in [-0.39, 0.29) is 24.2 Å². The summed E-state index contributed by atoms with van der Waals surface area (Å²) in [7, 11) is 0. The van der Waals surface area contributed by atoms with Gasteiger partial charge in [-0.1, -0.05) is 0 Å². The van der Waals surface area contributed by atoms with Crippen molar-refractivity contribution in [3.63, 3.8) is 0 Å². The quantitative estimate of drug-likeness (QED) is 0.703.